The average molecular weight is 332 g/mol. The summed E-state index contributed by atoms with van der Waals surface area (Å²) in [6, 6.07) is 10.6. The Bertz CT molecular complexity index is 822. The molecule has 0 saturated heterocycles. The molecule has 3 rings (SSSR count). The zero-order chi connectivity index (χ0) is 16.4. The second-order valence-corrected chi connectivity index (χ2v) is 7.23. The summed E-state index contributed by atoms with van der Waals surface area (Å²) >= 11 is 0. The molecular formula is C16H16N2O4S. The molecule has 0 amide bonds. The first-order valence-electron chi connectivity index (χ1n) is 7.25. The second kappa shape index (κ2) is 6.10. The van der Waals surface area contributed by atoms with Crippen molar-refractivity contribution in [3.8, 4) is 0 Å². The second-order valence-electron chi connectivity index (χ2n) is 5.33. The molecule has 0 atom stereocenters. The Morgan fingerprint density at radius 1 is 1.04 bits per heavy atom. The number of carboxylic acids is 1. The van der Waals surface area contributed by atoms with Gasteiger partial charge >= 0.3 is 5.97 Å². The van der Waals surface area contributed by atoms with E-state index in [9.17, 15) is 18.3 Å². The van der Waals surface area contributed by atoms with Gasteiger partial charge in [-0.25, -0.2) is 18.2 Å². The largest absolute Gasteiger partial charge is 0.476 e. The van der Waals surface area contributed by atoms with Crippen molar-refractivity contribution in [1.82, 2.24) is 9.29 Å². The van der Waals surface area contributed by atoms with E-state index in [0.717, 1.165) is 11.1 Å². The number of benzene rings is 1. The van der Waals surface area contributed by atoms with Crippen LogP contribution < -0.4 is 0 Å². The summed E-state index contributed by atoms with van der Waals surface area (Å²) in [7, 11) is -3.89. The van der Waals surface area contributed by atoms with E-state index in [-0.39, 0.29) is 4.90 Å². The molecule has 6 nitrogen and oxygen atoms in total. The zero-order valence-electron chi connectivity index (χ0n) is 12.3. The smallest absolute Gasteiger partial charge is 0.355 e. The fourth-order valence-corrected chi connectivity index (χ4v) is 4.36. The van der Waals surface area contributed by atoms with Crippen LogP contribution in [0, 0.1) is 0 Å². The number of nitrogens with zero attached hydrogens (tertiary/aromatic N) is 2. The summed E-state index contributed by atoms with van der Waals surface area (Å²) < 4.78 is 27.0. The molecule has 0 fully saturated rings. The van der Waals surface area contributed by atoms with Crippen molar-refractivity contribution in [2.75, 3.05) is 13.1 Å². The van der Waals surface area contributed by atoms with Gasteiger partial charge in [-0.3, -0.25) is 0 Å². The quantitative estimate of drug-likeness (QED) is 0.922. The molecule has 0 saturated carbocycles. The topological polar surface area (TPSA) is 87.6 Å². The summed E-state index contributed by atoms with van der Waals surface area (Å²) in [4.78, 5) is 14.7. The van der Waals surface area contributed by atoms with Crippen LogP contribution in [-0.2, 0) is 22.9 Å². The van der Waals surface area contributed by atoms with Crippen molar-refractivity contribution in [2.24, 2.45) is 0 Å². The number of rotatable bonds is 3. The van der Waals surface area contributed by atoms with Crippen LogP contribution >= 0.6 is 0 Å². The molecule has 2 aromatic rings. The number of carbonyl (C=O) groups is 1. The number of pyridine rings is 1. The molecule has 7 heteroatoms. The number of aromatic carboxylic acids is 1. The lowest BCUT2D eigenvalue weighted by Crippen LogP contribution is -2.34. The van der Waals surface area contributed by atoms with Crippen molar-refractivity contribution < 1.29 is 18.3 Å². The lowest BCUT2D eigenvalue weighted by atomic mass is 10.0. The minimum Gasteiger partial charge on any atom is -0.476 e. The molecule has 120 valence electrons. The molecule has 1 aliphatic rings. The van der Waals surface area contributed by atoms with Crippen LogP contribution in [0.2, 0.25) is 0 Å². The van der Waals surface area contributed by atoms with Crippen molar-refractivity contribution in [3.63, 3.8) is 0 Å². The minimum absolute atomic E-state index is 0.251. The molecule has 0 bridgehead atoms. The number of aromatic nitrogens is 1. The molecule has 0 unspecified atom stereocenters. The number of hydrogen-bond donors (Lipinski definition) is 1. The van der Waals surface area contributed by atoms with Gasteiger partial charge in [0.25, 0.3) is 0 Å². The summed E-state index contributed by atoms with van der Waals surface area (Å²) in [6.07, 6.45) is 2.50. The summed E-state index contributed by atoms with van der Waals surface area (Å²) in [5.74, 6) is -1.35. The van der Waals surface area contributed by atoms with Crippen LogP contribution in [0.1, 0.15) is 21.6 Å². The Morgan fingerprint density at radius 2 is 1.65 bits per heavy atom. The van der Waals surface area contributed by atoms with E-state index in [1.54, 1.807) is 0 Å². The molecule has 2 heterocycles. The SMILES string of the molecule is O=C(O)c1ncccc1S(=O)(=O)N1CCc2ccccc2CC1. The van der Waals surface area contributed by atoms with Crippen LogP contribution in [0.15, 0.2) is 47.5 Å². The molecule has 0 aliphatic carbocycles. The van der Waals surface area contributed by atoms with Gasteiger partial charge in [0.05, 0.1) is 0 Å². The van der Waals surface area contributed by atoms with E-state index in [0.29, 0.717) is 25.9 Å². The van der Waals surface area contributed by atoms with E-state index in [4.69, 9.17) is 0 Å². The third kappa shape index (κ3) is 2.97. The van der Waals surface area contributed by atoms with Gasteiger partial charge in [0, 0.05) is 19.3 Å². The van der Waals surface area contributed by atoms with Crippen LogP contribution in [0.5, 0.6) is 0 Å². The van der Waals surface area contributed by atoms with Crippen LogP contribution in [0.3, 0.4) is 0 Å². The van der Waals surface area contributed by atoms with E-state index in [1.165, 1.54) is 22.6 Å². The van der Waals surface area contributed by atoms with Gasteiger partial charge in [-0.1, -0.05) is 24.3 Å². The number of fused-ring (bicyclic) bond motifs is 1. The number of sulfonamides is 1. The third-order valence-electron chi connectivity index (χ3n) is 3.97. The Labute approximate surface area is 134 Å². The Kier molecular flexibility index (Phi) is 4.14. The van der Waals surface area contributed by atoms with E-state index in [2.05, 4.69) is 4.98 Å². The van der Waals surface area contributed by atoms with Gasteiger partial charge < -0.3 is 5.11 Å². The van der Waals surface area contributed by atoms with Crippen LogP contribution in [-0.4, -0.2) is 41.9 Å². The van der Waals surface area contributed by atoms with Gasteiger partial charge in [-0.05, 0) is 36.1 Å². The van der Waals surface area contributed by atoms with E-state index < -0.39 is 21.7 Å². The van der Waals surface area contributed by atoms with Crippen LogP contribution in [0.4, 0.5) is 0 Å². The van der Waals surface area contributed by atoms with Crippen molar-refractivity contribution in [2.45, 2.75) is 17.7 Å². The van der Waals surface area contributed by atoms with Gasteiger partial charge in [0.15, 0.2) is 5.69 Å². The lowest BCUT2D eigenvalue weighted by molar-refractivity contribution is 0.0685. The maximum absolute atomic E-state index is 12.8. The molecule has 1 N–H and O–H groups in total. The van der Waals surface area contributed by atoms with Crippen molar-refractivity contribution in [3.05, 3.63) is 59.4 Å². The fraction of sp³-hybridized carbons (Fsp3) is 0.250. The molecule has 0 spiro atoms. The van der Waals surface area contributed by atoms with Gasteiger partial charge in [-0.15, -0.1) is 0 Å². The predicted octanol–water partition coefficient (Wildman–Crippen LogP) is 1.57. The van der Waals surface area contributed by atoms with E-state index in [1.807, 2.05) is 24.3 Å². The zero-order valence-corrected chi connectivity index (χ0v) is 13.2. The standard InChI is InChI=1S/C16H16N2O4S/c19-16(20)15-14(6-3-9-17-15)23(21,22)18-10-7-12-4-1-2-5-13(12)8-11-18/h1-6,9H,7-8,10-11H2,(H,19,20). The summed E-state index contributed by atoms with van der Waals surface area (Å²) in [5.41, 5.74) is 1.83. The fourth-order valence-electron chi connectivity index (χ4n) is 2.79. The third-order valence-corrected chi connectivity index (χ3v) is 5.90. The first-order chi connectivity index (χ1) is 11.0. The summed E-state index contributed by atoms with van der Waals surface area (Å²) in [6.45, 7) is 0.653. The highest BCUT2D eigenvalue weighted by Gasteiger charge is 2.30. The maximum atomic E-state index is 12.8. The first-order valence-corrected chi connectivity index (χ1v) is 8.69. The summed E-state index contributed by atoms with van der Waals surface area (Å²) in [5, 5.41) is 9.18. The van der Waals surface area contributed by atoms with E-state index >= 15 is 0 Å². The first kappa shape index (κ1) is 15.6. The van der Waals surface area contributed by atoms with Crippen LogP contribution in [0.25, 0.3) is 0 Å². The maximum Gasteiger partial charge on any atom is 0.355 e. The molecular weight excluding hydrogens is 316 g/mol. The lowest BCUT2D eigenvalue weighted by Gasteiger charge is -2.20. The molecule has 0 radical (unpaired) electrons. The van der Waals surface area contributed by atoms with Crippen molar-refractivity contribution in [1.29, 1.82) is 0 Å². The predicted molar refractivity (Wildman–Crippen MR) is 83.8 cm³/mol. The van der Waals surface area contributed by atoms with Gasteiger partial charge in [0.2, 0.25) is 10.0 Å². The Morgan fingerprint density at radius 3 is 2.22 bits per heavy atom. The van der Waals surface area contributed by atoms with Crippen molar-refractivity contribution >= 4 is 16.0 Å². The number of hydrogen-bond acceptors (Lipinski definition) is 4. The monoisotopic (exact) mass is 332 g/mol. The Hall–Kier alpha value is -2.25. The highest BCUT2D eigenvalue weighted by Crippen LogP contribution is 2.23. The Balaban J connectivity index is 1.94. The normalized spacial score (nSPS) is 15.7. The number of carboxylic acid groups (broad SMARTS) is 1. The average Bonchev–Trinajstić information content (AvgIpc) is 2.78. The van der Waals surface area contributed by atoms with Gasteiger partial charge in [-0.2, -0.15) is 4.31 Å². The van der Waals surface area contributed by atoms with Gasteiger partial charge in [0.1, 0.15) is 4.90 Å². The minimum atomic E-state index is -3.89. The molecule has 1 aliphatic heterocycles. The molecule has 23 heavy (non-hydrogen) atoms. The molecule has 1 aromatic heterocycles. The molecule has 1 aromatic carbocycles. The highest BCUT2D eigenvalue weighted by molar-refractivity contribution is 7.89. The highest BCUT2D eigenvalue weighted by atomic mass is 32.2.